The van der Waals surface area contributed by atoms with E-state index in [0.717, 1.165) is 0 Å². The molecule has 116 valence electrons. The minimum absolute atomic E-state index is 0.189. The van der Waals surface area contributed by atoms with Crippen LogP contribution in [0.4, 0.5) is 4.39 Å². The molecule has 5 nitrogen and oxygen atoms in total. The number of likely N-dealkylation sites (tertiary alicyclic amines) is 1. The second kappa shape index (κ2) is 5.88. The first-order valence-electron chi connectivity index (χ1n) is 7.35. The van der Waals surface area contributed by atoms with Crippen molar-refractivity contribution in [2.24, 2.45) is 0 Å². The zero-order chi connectivity index (χ0) is 15.7. The summed E-state index contributed by atoms with van der Waals surface area (Å²) >= 11 is 0. The number of hydrogen-bond acceptors (Lipinski definition) is 3. The highest BCUT2D eigenvalue weighted by Crippen LogP contribution is 2.33. The molecule has 1 saturated heterocycles. The summed E-state index contributed by atoms with van der Waals surface area (Å²) in [7, 11) is 0. The molecule has 1 N–H and O–H groups in total. The number of aliphatic hydroxyl groups excluding tert-OH is 1. The quantitative estimate of drug-likeness (QED) is 0.943. The summed E-state index contributed by atoms with van der Waals surface area (Å²) in [6.07, 6.45) is 3.03. The summed E-state index contributed by atoms with van der Waals surface area (Å²) in [4.78, 5) is 14.3. The first-order valence-corrected chi connectivity index (χ1v) is 7.35. The highest BCUT2D eigenvalue weighted by molar-refractivity contribution is 5.94. The van der Waals surface area contributed by atoms with Crippen molar-refractivity contribution in [1.29, 1.82) is 0 Å². The van der Waals surface area contributed by atoms with Crippen molar-refractivity contribution >= 4 is 5.91 Å². The Balaban J connectivity index is 1.88. The molecule has 6 heteroatoms. The second-order valence-corrected chi connectivity index (χ2v) is 5.50. The van der Waals surface area contributed by atoms with Gasteiger partial charge in [-0.15, -0.1) is 0 Å². The van der Waals surface area contributed by atoms with Crippen LogP contribution >= 0.6 is 0 Å². The molecule has 0 radical (unpaired) electrons. The highest BCUT2D eigenvalue weighted by atomic mass is 19.1. The van der Waals surface area contributed by atoms with Gasteiger partial charge in [0.05, 0.1) is 23.9 Å². The molecule has 2 aromatic rings. The van der Waals surface area contributed by atoms with Gasteiger partial charge in [0, 0.05) is 19.3 Å². The third kappa shape index (κ3) is 2.74. The van der Waals surface area contributed by atoms with Crippen LogP contribution in [0.1, 0.15) is 35.3 Å². The number of carbonyl (C=O) groups excluding carboxylic acids is 1. The van der Waals surface area contributed by atoms with E-state index in [-0.39, 0.29) is 24.3 Å². The van der Waals surface area contributed by atoms with E-state index in [9.17, 15) is 14.3 Å². The maximum Gasteiger partial charge on any atom is 0.257 e. The van der Waals surface area contributed by atoms with Gasteiger partial charge in [0.25, 0.3) is 5.91 Å². The van der Waals surface area contributed by atoms with Crippen LogP contribution in [-0.2, 0) is 6.54 Å². The largest absolute Gasteiger partial charge is 0.391 e. The van der Waals surface area contributed by atoms with Crippen molar-refractivity contribution in [3.8, 4) is 0 Å². The van der Waals surface area contributed by atoms with Crippen LogP contribution in [0.25, 0.3) is 0 Å². The molecule has 1 fully saturated rings. The monoisotopic (exact) mass is 303 g/mol. The van der Waals surface area contributed by atoms with Gasteiger partial charge in [-0.2, -0.15) is 5.10 Å². The van der Waals surface area contributed by atoms with Crippen molar-refractivity contribution in [3.63, 3.8) is 0 Å². The van der Waals surface area contributed by atoms with Crippen LogP contribution in [0.3, 0.4) is 0 Å². The van der Waals surface area contributed by atoms with Crippen LogP contribution in [0, 0.1) is 5.82 Å². The fraction of sp³-hybridized carbons (Fsp3) is 0.375. The lowest BCUT2D eigenvalue weighted by Crippen LogP contribution is -2.31. The Kier molecular flexibility index (Phi) is 3.94. The zero-order valence-corrected chi connectivity index (χ0v) is 12.3. The lowest BCUT2D eigenvalue weighted by molar-refractivity contribution is 0.0715. The van der Waals surface area contributed by atoms with E-state index in [1.807, 2.05) is 6.92 Å². The van der Waals surface area contributed by atoms with Crippen molar-refractivity contribution < 1.29 is 14.3 Å². The van der Waals surface area contributed by atoms with E-state index in [0.29, 0.717) is 24.1 Å². The maximum absolute atomic E-state index is 13.4. The standard InChI is InChI=1S/C16H18FN3O2/c1-2-19-9-12(8-18-19)16(22)20-10-14(21)7-15(20)11-4-3-5-13(17)6-11/h3-6,8-9,14-15,21H,2,7,10H2,1H3/t14-,15-/m1/s1. The Morgan fingerprint density at radius 1 is 1.50 bits per heavy atom. The van der Waals surface area contributed by atoms with Gasteiger partial charge in [-0.25, -0.2) is 4.39 Å². The molecule has 1 amide bonds. The fourth-order valence-electron chi connectivity index (χ4n) is 2.88. The van der Waals surface area contributed by atoms with Crippen LogP contribution in [0.15, 0.2) is 36.7 Å². The number of nitrogens with zero attached hydrogens (tertiary/aromatic N) is 3. The summed E-state index contributed by atoms with van der Waals surface area (Å²) < 4.78 is 15.1. The molecule has 0 bridgehead atoms. The third-order valence-corrected chi connectivity index (χ3v) is 3.98. The number of carbonyl (C=O) groups is 1. The summed E-state index contributed by atoms with van der Waals surface area (Å²) in [5.74, 6) is -0.532. The molecule has 0 aliphatic carbocycles. The normalized spacial score (nSPS) is 21.3. The number of halogens is 1. The van der Waals surface area contributed by atoms with Gasteiger partial charge in [0.2, 0.25) is 0 Å². The number of aryl methyl sites for hydroxylation is 1. The SMILES string of the molecule is CCn1cc(C(=O)N2C[C@H](O)C[C@@H]2c2cccc(F)c2)cn1. The zero-order valence-electron chi connectivity index (χ0n) is 12.3. The molecule has 3 rings (SSSR count). The van der Waals surface area contributed by atoms with Gasteiger partial charge < -0.3 is 10.0 Å². The first-order chi connectivity index (χ1) is 10.6. The van der Waals surface area contributed by atoms with Crippen molar-refractivity contribution in [2.45, 2.75) is 32.0 Å². The van der Waals surface area contributed by atoms with Crippen molar-refractivity contribution in [1.82, 2.24) is 14.7 Å². The van der Waals surface area contributed by atoms with E-state index >= 15 is 0 Å². The predicted octanol–water partition coefficient (Wildman–Crippen LogP) is 1.99. The average molecular weight is 303 g/mol. The molecule has 22 heavy (non-hydrogen) atoms. The van der Waals surface area contributed by atoms with Gasteiger partial charge in [-0.05, 0) is 31.0 Å². The molecule has 0 saturated carbocycles. The summed E-state index contributed by atoms with van der Waals surface area (Å²) in [6.45, 7) is 2.87. The number of aromatic nitrogens is 2. The molecule has 2 heterocycles. The molecule has 1 aromatic heterocycles. The van der Waals surface area contributed by atoms with Gasteiger partial charge >= 0.3 is 0 Å². The Bertz CT molecular complexity index is 686. The predicted molar refractivity (Wildman–Crippen MR) is 78.7 cm³/mol. The molecule has 1 aliphatic heterocycles. The van der Waals surface area contributed by atoms with E-state index < -0.39 is 6.10 Å². The first kappa shape index (κ1) is 14.7. The topological polar surface area (TPSA) is 58.4 Å². The molecule has 0 unspecified atom stereocenters. The maximum atomic E-state index is 13.4. The molecular weight excluding hydrogens is 285 g/mol. The van der Waals surface area contributed by atoms with Crippen LogP contribution in [0.2, 0.25) is 0 Å². The Hall–Kier alpha value is -2.21. The van der Waals surface area contributed by atoms with E-state index in [2.05, 4.69) is 5.10 Å². The van der Waals surface area contributed by atoms with Gasteiger partial charge in [0.1, 0.15) is 5.82 Å². The van der Waals surface area contributed by atoms with Gasteiger partial charge in [0.15, 0.2) is 0 Å². The Morgan fingerprint density at radius 2 is 2.32 bits per heavy atom. The lowest BCUT2D eigenvalue weighted by Gasteiger charge is -2.24. The molecule has 1 aliphatic rings. The molecule has 0 spiro atoms. The summed E-state index contributed by atoms with van der Waals surface area (Å²) in [6, 6.07) is 5.86. The van der Waals surface area contributed by atoms with E-state index in [4.69, 9.17) is 0 Å². The second-order valence-electron chi connectivity index (χ2n) is 5.50. The van der Waals surface area contributed by atoms with Gasteiger partial charge in [-0.3, -0.25) is 9.48 Å². The Labute approximate surface area is 128 Å². The number of rotatable bonds is 3. The fourth-order valence-corrected chi connectivity index (χ4v) is 2.88. The minimum atomic E-state index is -0.599. The summed E-state index contributed by atoms with van der Waals surface area (Å²) in [5.41, 5.74) is 1.19. The number of β-amino-alcohol motifs (C(OH)–C–C–N with tert-alkyl or cyclic N) is 1. The van der Waals surface area contributed by atoms with Gasteiger partial charge in [-0.1, -0.05) is 12.1 Å². The average Bonchev–Trinajstić information content (AvgIpc) is 3.13. The lowest BCUT2D eigenvalue weighted by atomic mass is 10.0. The smallest absolute Gasteiger partial charge is 0.257 e. The number of hydrogen-bond donors (Lipinski definition) is 1. The number of benzene rings is 1. The number of amides is 1. The molecule has 1 aromatic carbocycles. The van der Waals surface area contributed by atoms with Crippen molar-refractivity contribution in [3.05, 3.63) is 53.6 Å². The number of aliphatic hydroxyl groups is 1. The molecular formula is C16H18FN3O2. The third-order valence-electron chi connectivity index (χ3n) is 3.98. The van der Waals surface area contributed by atoms with E-state index in [1.165, 1.54) is 18.3 Å². The Morgan fingerprint density at radius 3 is 3.00 bits per heavy atom. The highest BCUT2D eigenvalue weighted by Gasteiger charge is 2.36. The minimum Gasteiger partial charge on any atom is -0.391 e. The van der Waals surface area contributed by atoms with Crippen LogP contribution < -0.4 is 0 Å². The van der Waals surface area contributed by atoms with Crippen LogP contribution in [0.5, 0.6) is 0 Å². The summed E-state index contributed by atoms with van der Waals surface area (Å²) in [5, 5.41) is 14.0. The van der Waals surface area contributed by atoms with Crippen LogP contribution in [-0.4, -0.2) is 38.3 Å². The van der Waals surface area contributed by atoms with Crippen molar-refractivity contribution in [2.75, 3.05) is 6.54 Å². The molecule has 2 atom stereocenters. The van der Waals surface area contributed by atoms with E-state index in [1.54, 1.807) is 27.9 Å².